The van der Waals surface area contributed by atoms with Gasteiger partial charge in [0.15, 0.2) is 0 Å². The first kappa shape index (κ1) is 18.6. The number of para-hydroxylation sites is 1. The molecule has 0 aliphatic rings. The first-order chi connectivity index (χ1) is 12.5. The smallest absolute Gasteiger partial charge is 0.244 e. The van der Waals surface area contributed by atoms with Crippen LogP contribution in [0.4, 0.5) is 0 Å². The molecule has 1 N–H and O–H groups in total. The van der Waals surface area contributed by atoms with Gasteiger partial charge in [-0.25, -0.2) is 18.1 Å². The lowest BCUT2D eigenvalue weighted by Crippen LogP contribution is -2.23. The second kappa shape index (κ2) is 7.99. The molecule has 1 aromatic heterocycles. The van der Waals surface area contributed by atoms with Gasteiger partial charge >= 0.3 is 0 Å². The molecule has 0 unspecified atom stereocenters. The van der Waals surface area contributed by atoms with Gasteiger partial charge in [-0.05, 0) is 26.0 Å². The monoisotopic (exact) mass is 388 g/mol. The Hall–Kier alpha value is -2.22. The van der Waals surface area contributed by atoms with E-state index in [1.54, 1.807) is 24.3 Å². The number of nitrogens with zero attached hydrogens (tertiary/aromatic N) is 1. The zero-order chi connectivity index (χ0) is 18.6. The highest BCUT2D eigenvalue weighted by Crippen LogP contribution is 2.28. The Kier molecular flexibility index (Phi) is 5.70. The molecule has 0 spiro atoms. The van der Waals surface area contributed by atoms with Gasteiger partial charge in [-0.1, -0.05) is 42.5 Å². The van der Waals surface area contributed by atoms with Gasteiger partial charge in [-0.2, -0.15) is 0 Å². The molecule has 3 rings (SSSR count). The number of sulfonamides is 1. The van der Waals surface area contributed by atoms with Gasteiger partial charge in [0.1, 0.15) is 15.7 Å². The number of rotatable bonds is 7. The molecule has 0 saturated carbocycles. The summed E-state index contributed by atoms with van der Waals surface area (Å²) in [6.07, 6.45) is 0. The minimum Gasteiger partial charge on any atom is -0.492 e. The number of thiazole rings is 1. The Morgan fingerprint density at radius 1 is 1.08 bits per heavy atom. The van der Waals surface area contributed by atoms with E-state index in [4.69, 9.17) is 4.74 Å². The Morgan fingerprint density at radius 2 is 1.77 bits per heavy atom. The number of nitrogens with one attached hydrogen (secondary N) is 1. The molecule has 5 nitrogen and oxygen atoms in total. The second-order valence-corrected chi connectivity index (χ2v) is 8.42. The molecule has 1 heterocycles. The fourth-order valence-electron chi connectivity index (χ4n) is 2.48. The molecule has 0 atom stereocenters. The van der Waals surface area contributed by atoms with Crippen molar-refractivity contribution >= 4 is 21.4 Å². The van der Waals surface area contributed by atoms with Gasteiger partial charge in [0.05, 0.1) is 12.3 Å². The van der Waals surface area contributed by atoms with E-state index in [0.29, 0.717) is 12.4 Å². The molecule has 136 valence electrons. The highest BCUT2D eigenvalue weighted by atomic mass is 32.2. The second-order valence-electron chi connectivity index (χ2n) is 5.60. The Balaban J connectivity index is 1.80. The van der Waals surface area contributed by atoms with Crippen molar-refractivity contribution in [2.24, 2.45) is 0 Å². The standard InChI is InChI=1S/C19H20N2O3S2/c1-3-24-16-11-7-8-12-18(16)26(22,23)20-13-17-14(2)21-19(25-17)15-9-5-4-6-10-15/h4-12,20H,3,13H2,1-2H3. The maximum absolute atomic E-state index is 12.7. The minimum absolute atomic E-state index is 0.146. The molecule has 0 amide bonds. The number of ether oxygens (including phenoxy) is 1. The van der Waals surface area contributed by atoms with Crippen molar-refractivity contribution < 1.29 is 13.2 Å². The molecule has 0 aliphatic heterocycles. The van der Waals surface area contributed by atoms with Crippen LogP contribution >= 0.6 is 11.3 Å². The van der Waals surface area contributed by atoms with E-state index < -0.39 is 10.0 Å². The Morgan fingerprint density at radius 3 is 2.50 bits per heavy atom. The lowest BCUT2D eigenvalue weighted by atomic mass is 10.2. The number of hydrogen-bond acceptors (Lipinski definition) is 5. The fraction of sp³-hybridized carbons (Fsp3) is 0.211. The van der Waals surface area contributed by atoms with E-state index in [9.17, 15) is 8.42 Å². The van der Waals surface area contributed by atoms with Crippen molar-refractivity contribution in [2.75, 3.05) is 6.61 Å². The average Bonchev–Trinajstić information content (AvgIpc) is 3.02. The normalized spacial score (nSPS) is 11.5. The lowest BCUT2D eigenvalue weighted by molar-refractivity contribution is 0.331. The molecule has 2 aromatic carbocycles. The average molecular weight is 389 g/mol. The highest BCUT2D eigenvalue weighted by molar-refractivity contribution is 7.89. The third-order valence-electron chi connectivity index (χ3n) is 3.77. The zero-order valence-corrected chi connectivity index (χ0v) is 16.2. The number of aromatic nitrogens is 1. The van der Waals surface area contributed by atoms with Gasteiger partial charge in [0.2, 0.25) is 10.0 Å². The molecule has 0 saturated heterocycles. The van der Waals surface area contributed by atoms with Crippen LogP contribution in [0.2, 0.25) is 0 Å². The molecule has 0 fully saturated rings. The summed E-state index contributed by atoms with van der Waals surface area (Å²) in [5.41, 5.74) is 1.85. The summed E-state index contributed by atoms with van der Waals surface area (Å²) in [6, 6.07) is 16.5. The summed E-state index contributed by atoms with van der Waals surface area (Å²) in [5.74, 6) is 0.355. The Labute approximate surface area is 157 Å². The third kappa shape index (κ3) is 4.12. The van der Waals surface area contributed by atoms with Crippen LogP contribution in [0, 0.1) is 6.92 Å². The van der Waals surface area contributed by atoms with E-state index in [1.165, 1.54) is 11.3 Å². The molecule has 0 aliphatic carbocycles. The molecular formula is C19H20N2O3S2. The van der Waals surface area contributed by atoms with Crippen molar-refractivity contribution in [3.05, 3.63) is 65.2 Å². The van der Waals surface area contributed by atoms with E-state index >= 15 is 0 Å². The topological polar surface area (TPSA) is 68.3 Å². The molecule has 3 aromatic rings. The van der Waals surface area contributed by atoms with Gasteiger partial charge in [0, 0.05) is 17.0 Å². The number of hydrogen-bond donors (Lipinski definition) is 1. The summed E-state index contributed by atoms with van der Waals surface area (Å²) in [5, 5.41) is 0.881. The minimum atomic E-state index is -3.68. The first-order valence-corrected chi connectivity index (χ1v) is 10.5. The van der Waals surface area contributed by atoms with Crippen LogP contribution in [0.1, 0.15) is 17.5 Å². The van der Waals surface area contributed by atoms with Crippen molar-refractivity contribution in [1.29, 1.82) is 0 Å². The summed E-state index contributed by atoms with van der Waals surface area (Å²) < 4.78 is 33.5. The number of benzene rings is 2. The quantitative estimate of drug-likeness (QED) is 0.664. The summed E-state index contributed by atoms with van der Waals surface area (Å²) in [4.78, 5) is 5.60. The summed E-state index contributed by atoms with van der Waals surface area (Å²) in [7, 11) is -3.68. The maximum Gasteiger partial charge on any atom is 0.244 e. The SMILES string of the molecule is CCOc1ccccc1S(=O)(=O)NCc1sc(-c2ccccc2)nc1C. The van der Waals surface area contributed by atoms with Gasteiger partial charge in [-0.15, -0.1) is 11.3 Å². The van der Waals surface area contributed by atoms with Gasteiger partial charge in [-0.3, -0.25) is 0 Å². The molecule has 7 heteroatoms. The first-order valence-electron chi connectivity index (χ1n) is 8.24. The summed E-state index contributed by atoms with van der Waals surface area (Å²) >= 11 is 1.49. The third-order valence-corrected chi connectivity index (χ3v) is 6.42. The van der Waals surface area contributed by atoms with Crippen molar-refractivity contribution in [3.8, 4) is 16.3 Å². The predicted octanol–water partition coefficient (Wildman–Crippen LogP) is 4.00. The molecule has 26 heavy (non-hydrogen) atoms. The molecule has 0 bridgehead atoms. The van der Waals surface area contributed by atoms with Crippen LogP contribution in [-0.2, 0) is 16.6 Å². The fourth-order valence-corrected chi connectivity index (χ4v) is 4.72. The molecular weight excluding hydrogens is 368 g/mol. The molecule has 0 radical (unpaired) electrons. The van der Waals surface area contributed by atoms with Crippen LogP contribution in [0.25, 0.3) is 10.6 Å². The van der Waals surface area contributed by atoms with E-state index in [-0.39, 0.29) is 11.4 Å². The summed E-state index contributed by atoms with van der Waals surface area (Å²) in [6.45, 7) is 4.31. The van der Waals surface area contributed by atoms with Crippen LogP contribution in [-0.4, -0.2) is 20.0 Å². The number of aryl methyl sites for hydroxylation is 1. The zero-order valence-electron chi connectivity index (χ0n) is 14.6. The van der Waals surface area contributed by atoms with Crippen molar-refractivity contribution in [2.45, 2.75) is 25.3 Å². The van der Waals surface area contributed by atoms with Crippen molar-refractivity contribution in [1.82, 2.24) is 9.71 Å². The largest absolute Gasteiger partial charge is 0.492 e. The Bertz CT molecular complexity index is 983. The van der Waals surface area contributed by atoms with Gasteiger partial charge < -0.3 is 4.74 Å². The van der Waals surface area contributed by atoms with Crippen LogP contribution < -0.4 is 9.46 Å². The highest BCUT2D eigenvalue weighted by Gasteiger charge is 2.20. The van der Waals surface area contributed by atoms with E-state index in [1.807, 2.05) is 44.2 Å². The van der Waals surface area contributed by atoms with E-state index in [0.717, 1.165) is 21.1 Å². The van der Waals surface area contributed by atoms with E-state index in [2.05, 4.69) is 9.71 Å². The van der Waals surface area contributed by atoms with Crippen LogP contribution in [0.5, 0.6) is 5.75 Å². The maximum atomic E-state index is 12.7. The van der Waals surface area contributed by atoms with Crippen LogP contribution in [0.3, 0.4) is 0 Å². The predicted molar refractivity (Wildman–Crippen MR) is 104 cm³/mol. The van der Waals surface area contributed by atoms with Gasteiger partial charge in [0.25, 0.3) is 0 Å². The lowest BCUT2D eigenvalue weighted by Gasteiger charge is -2.11. The van der Waals surface area contributed by atoms with Crippen molar-refractivity contribution in [3.63, 3.8) is 0 Å². The van der Waals surface area contributed by atoms with Crippen LogP contribution in [0.15, 0.2) is 59.5 Å².